The van der Waals surface area contributed by atoms with Crippen molar-refractivity contribution in [1.82, 2.24) is 15.0 Å². The van der Waals surface area contributed by atoms with Crippen LogP contribution in [0.3, 0.4) is 0 Å². The van der Waals surface area contributed by atoms with Crippen LogP contribution in [0.4, 0.5) is 11.8 Å². The molecule has 2 aromatic rings. The fourth-order valence-electron chi connectivity index (χ4n) is 1.04. The van der Waals surface area contributed by atoms with Crippen LogP contribution in [0, 0.1) is 3.57 Å². The zero-order valence-electron chi connectivity index (χ0n) is 6.00. The van der Waals surface area contributed by atoms with Gasteiger partial charge in [-0.15, -0.1) is 0 Å². The maximum absolute atomic E-state index is 5.65. The van der Waals surface area contributed by atoms with Gasteiger partial charge in [-0.1, -0.05) is 0 Å². The van der Waals surface area contributed by atoms with Gasteiger partial charge in [-0.05, 0) is 22.6 Å². The maximum atomic E-state index is 5.65. The van der Waals surface area contributed by atoms with E-state index >= 15 is 0 Å². The minimum absolute atomic E-state index is 0.193. The minimum atomic E-state index is 0.193. The van der Waals surface area contributed by atoms with Crippen LogP contribution < -0.4 is 11.5 Å². The Labute approximate surface area is 81.7 Å². The number of H-pyrrole nitrogens is 1. The molecule has 0 bridgehead atoms. The van der Waals surface area contributed by atoms with E-state index in [0.717, 1.165) is 8.96 Å². The molecule has 0 unspecified atom stereocenters. The fraction of sp³-hybridized carbons (Fsp3) is 0. The highest BCUT2D eigenvalue weighted by Gasteiger charge is 2.07. The fourth-order valence-corrected chi connectivity index (χ4v) is 1.73. The molecular weight excluding hydrogens is 269 g/mol. The number of nitrogen functional groups attached to an aromatic ring is 2. The molecule has 0 saturated carbocycles. The molecule has 2 heterocycles. The van der Waals surface area contributed by atoms with E-state index in [9.17, 15) is 0 Å². The smallest absolute Gasteiger partial charge is 0.223 e. The summed E-state index contributed by atoms with van der Waals surface area (Å²) in [6.07, 6.45) is 1.82. The van der Waals surface area contributed by atoms with Crippen molar-refractivity contribution in [2.45, 2.75) is 0 Å². The van der Waals surface area contributed by atoms with E-state index in [2.05, 4.69) is 37.5 Å². The molecular formula is C6H6IN5. The third-order valence-corrected chi connectivity index (χ3v) is 2.38. The number of nitrogens with zero attached hydrogens (tertiary/aromatic N) is 2. The van der Waals surface area contributed by atoms with E-state index in [1.807, 2.05) is 6.20 Å². The normalized spacial score (nSPS) is 10.8. The molecule has 0 saturated heterocycles. The zero-order chi connectivity index (χ0) is 8.72. The molecule has 0 amide bonds. The molecule has 0 spiro atoms. The van der Waals surface area contributed by atoms with E-state index in [-0.39, 0.29) is 5.95 Å². The van der Waals surface area contributed by atoms with E-state index < -0.39 is 0 Å². The molecule has 0 aromatic carbocycles. The first-order chi connectivity index (χ1) is 5.68. The van der Waals surface area contributed by atoms with Crippen LogP contribution in [0.5, 0.6) is 0 Å². The van der Waals surface area contributed by atoms with Crippen molar-refractivity contribution < 1.29 is 0 Å². The summed E-state index contributed by atoms with van der Waals surface area (Å²) < 4.78 is 1.00. The predicted octanol–water partition coefficient (Wildman–Crippen LogP) is 0.727. The lowest BCUT2D eigenvalue weighted by Gasteiger charge is -1.96. The summed E-state index contributed by atoms with van der Waals surface area (Å²) in [6.45, 7) is 0. The number of nitrogens with two attached hydrogens (primary N) is 2. The van der Waals surface area contributed by atoms with Gasteiger partial charge in [-0.3, -0.25) is 0 Å². The summed E-state index contributed by atoms with van der Waals surface area (Å²) in [6, 6.07) is 0. The number of aromatic amines is 1. The summed E-state index contributed by atoms with van der Waals surface area (Å²) in [7, 11) is 0. The number of fused-ring (bicyclic) bond motifs is 1. The summed E-state index contributed by atoms with van der Waals surface area (Å²) in [5.41, 5.74) is 11.7. The molecule has 12 heavy (non-hydrogen) atoms. The summed E-state index contributed by atoms with van der Waals surface area (Å²) in [5.74, 6) is 0.612. The lowest BCUT2D eigenvalue weighted by atomic mass is 10.4. The minimum Gasteiger partial charge on any atom is -0.383 e. The highest BCUT2D eigenvalue weighted by atomic mass is 127. The van der Waals surface area contributed by atoms with Gasteiger partial charge in [-0.2, -0.15) is 9.97 Å². The lowest BCUT2D eigenvalue weighted by Crippen LogP contribution is -1.99. The van der Waals surface area contributed by atoms with Crippen LogP contribution in [0.25, 0.3) is 11.0 Å². The maximum Gasteiger partial charge on any atom is 0.223 e. The monoisotopic (exact) mass is 275 g/mol. The quantitative estimate of drug-likeness (QED) is 0.618. The molecule has 2 rings (SSSR count). The van der Waals surface area contributed by atoms with Crippen molar-refractivity contribution in [2.75, 3.05) is 11.5 Å². The van der Waals surface area contributed by atoms with Crippen LogP contribution in [0.2, 0.25) is 0 Å². The number of halogens is 1. The van der Waals surface area contributed by atoms with Crippen LogP contribution in [-0.2, 0) is 0 Å². The van der Waals surface area contributed by atoms with Gasteiger partial charge in [0.05, 0.1) is 5.39 Å². The van der Waals surface area contributed by atoms with Gasteiger partial charge >= 0.3 is 0 Å². The topological polar surface area (TPSA) is 93.6 Å². The van der Waals surface area contributed by atoms with Gasteiger partial charge < -0.3 is 16.5 Å². The average Bonchev–Trinajstić information content (AvgIpc) is 2.31. The standard InChI is InChI=1S/C6H6IN5/c7-2-1-10-5-3(2)4(8)11-6(9)12-5/h1H,(H5,8,9,10,11,12). The number of nitrogens with one attached hydrogen (secondary N) is 1. The SMILES string of the molecule is Nc1nc(N)c2c(I)c[nH]c2n1. The summed E-state index contributed by atoms with van der Waals surface area (Å²) in [5, 5.41) is 0.838. The van der Waals surface area contributed by atoms with Gasteiger partial charge in [0.1, 0.15) is 11.5 Å². The molecule has 0 atom stereocenters. The highest BCUT2D eigenvalue weighted by Crippen LogP contribution is 2.23. The number of rotatable bonds is 0. The number of hydrogen-bond donors (Lipinski definition) is 3. The molecule has 0 radical (unpaired) electrons. The second kappa shape index (κ2) is 2.47. The van der Waals surface area contributed by atoms with Gasteiger partial charge in [0.15, 0.2) is 0 Å². The van der Waals surface area contributed by atoms with Gasteiger partial charge in [-0.25, -0.2) is 0 Å². The van der Waals surface area contributed by atoms with Gasteiger partial charge in [0.2, 0.25) is 5.95 Å². The van der Waals surface area contributed by atoms with Crippen LogP contribution in [0.15, 0.2) is 6.20 Å². The van der Waals surface area contributed by atoms with Crippen molar-refractivity contribution in [3.05, 3.63) is 9.77 Å². The first-order valence-corrected chi connectivity index (χ1v) is 4.32. The number of hydrogen-bond acceptors (Lipinski definition) is 4. The highest BCUT2D eigenvalue weighted by molar-refractivity contribution is 14.1. The Morgan fingerprint density at radius 1 is 1.33 bits per heavy atom. The Balaban J connectivity index is 2.93. The largest absolute Gasteiger partial charge is 0.383 e. The Hall–Kier alpha value is -1.05. The van der Waals surface area contributed by atoms with Crippen molar-refractivity contribution in [1.29, 1.82) is 0 Å². The van der Waals surface area contributed by atoms with Crippen LogP contribution in [0.1, 0.15) is 0 Å². The van der Waals surface area contributed by atoms with E-state index in [0.29, 0.717) is 11.5 Å². The molecule has 0 aliphatic heterocycles. The summed E-state index contributed by atoms with van der Waals surface area (Å²) >= 11 is 2.16. The Kier molecular flexibility index (Phi) is 1.56. The first kappa shape index (κ1) is 7.59. The van der Waals surface area contributed by atoms with Crippen molar-refractivity contribution in [3.63, 3.8) is 0 Å². The zero-order valence-corrected chi connectivity index (χ0v) is 8.16. The van der Waals surface area contributed by atoms with E-state index in [1.54, 1.807) is 0 Å². The van der Waals surface area contributed by atoms with E-state index in [1.165, 1.54) is 0 Å². The van der Waals surface area contributed by atoms with E-state index in [4.69, 9.17) is 11.5 Å². The number of anilines is 2. The van der Waals surface area contributed by atoms with Crippen LogP contribution in [-0.4, -0.2) is 15.0 Å². The molecule has 0 aliphatic rings. The second-order valence-corrected chi connectivity index (χ2v) is 3.49. The van der Waals surface area contributed by atoms with Gasteiger partial charge in [0.25, 0.3) is 0 Å². The predicted molar refractivity (Wildman–Crippen MR) is 55.4 cm³/mol. The average molecular weight is 275 g/mol. The molecule has 0 aliphatic carbocycles. The van der Waals surface area contributed by atoms with Crippen molar-refractivity contribution in [2.24, 2.45) is 0 Å². The third-order valence-electron chi connectivity index (χ3n) is 1.53. The van der Waals surface area contributed by atoms with Crippen molar-refractivity contribution >= 4 is 45.4 Å². The number of aromatic nitrogens is 3. The molecule has 5 nitrogen and oxygen atoms in total. The molecule has 0 fully saturated rings. The Morgan fingerprint density at radius 2 is 2.08 bits per heavy atom. The molecule has 6 heteroatoms. The van der Waals surface area contributed by atoms with Crippen molar-refractivity contribution in [3.8, 4) is 0 Å². The second-order valence-electron chi connectivity index (χ2n) is 2.33. The molecule has 5 N–H and O–H groups in total. The third kappa shape index (κ3) is 0.986. The Bertz CT molecular complexity index is 435. The lowest BCUT2D eigenvalue weighted by molar-refractivity contribution is 1.22. The first-order valence-electron chi connectivity index (χ1n) is 3.24. The summed E-state index contributed by atoms with van der Waals surface area (Å²) in [4.78, 5) is 10.8. The molecule has 62 valence electrons. The van der Waals surface area contributed by atoms with Crippen LogP contribution >= 0.6 is 22.6 Å². The van der Waals surface area contributed by atoms with Gasteiger partial charge in [0, 0.05) is 9.77 Å². The Morgan fingerprint density at radius 3 is 2.83 bits per heavy atom. The molecule has 2 aromatic heterocycles.